The summed E-state index contributed by atoms with van der Waals surface area (Å²) in [6.07, 6.45) is -2.25. The first kappa shape index (κ1) is 32.2. The van der Waals surface area contributed by atoms with Crippen LogP contribution in [0.3, 0.4) is 0 Å². The van der Waals surface area contributed by atoms with Crippen LogP contribution in [0.5, 0.6) is 11.5 Å². The highest BCUT2D eigenvalue weighted by Gasteiger charge is 2.60. The van der Waals surface area contributed by atoms with Gasteiger partial charge in [-0.15, -0.1) is 10.1 Å². The van der Waals surface area contributed by atoms with Crippen molar-refractivity contribution in [2.45, 2.75) is 64.4 Å². The fraction of sp³-hybridized carbons (Fsp3) is 0.581. The van der Waals surface area contributed by atoms with E-state index in [-0.39, 0.29) is 13.2 Å². The van der Waals surface area contributed by atoms with Gasteiger partial charge in [-0.2, -0.15) is 0 Å². The van der Waals surface area contributed by atoms with Crippen molar-refractivity contribution in [1.82, 2.24) is 4.90 Å². The molecule has 1 saturated heterocycles. The smallest absolute Gasteiger partial charge is 0.407 e. The summed E-state index contributed by atoms with van der Waals surface area (Å²) in [5.74, 6) is 0.751. The van der Waals surface area contributed by atoms with Gasteiger partial charge in [-0.25, -0.2) is 4.79 Å². The maximum atomic E-state index is 12.7. The number of hydrogen-bond acceptors (Lipinski definition) is 9. The molecule has 0 spiro atoms. The predicted octanol–water partition coefficient (Wildman–Crippen LogP) is 4.97. The van der Waals surface area contributed by atoms with Gasteiger partial charge < -0.3 is 33.8 Å². The Labute approximate surface area is 252 Å². The van der Waals surface area contributed by atoms with E-state index in [4.69, 9.17) is 23.8 Å². The quantitative estimate of drug-likeness (QED) is 0.214. The van der Waals surface area contributed by atoms with Crippen LogP contribution in [0, 0.1) is 15.5 Å². The van der Waals surface area contributed by atoms with Crippen LogP contribution in [-0.4, -0.2) is 86.0 Å². The van der Waals surface area contributed by atoms with E-state index in [9.17, 15) is 20.0 Å². The lowest BCUT2D eigenvalue weighted by Crippen LogP contribution is -2.72. The molecule has 0 bridgehead atoms. The largest absolute Gasteiger partial charge is 0.497 e. The van der Waals surface area contributed by atoms with Gasteiger partial charge in [-0.05, 0) is 54.2 Å². The van der Waals surface area contributed by atoms with E-state index < -0.39 is 40.3 Å². The second kappa shape index (κ2) is 13.3. The molecule has 2 aliphatic rings. The highest BCUT2D eigenvalue weighted by molar-refractivity contribution is 5.67. The summed E-state index contributed by atoms with van der Waals surface area (Å²) >= 11 is 0. The summed E-state index contributed by atoms with van der Waals surface area (Å²) in [6.45, 7) is 10.5. The molecule has 0 aromatic heterocycles. The van der Waals surface area contributed by atoms with E-state index in [1.807, 2.05) is 58.0 Å². The van der Waals surface area contributed by atoms with Crippen molar-refractivity contribution < 1.29 is 38.8 Å². The molecular formula is C31H43N3O9. The highest BCUT2D eigenvalue weighted by Crippen LogP contribution is 2.50. The van der Waals surface area contributed by atoms with Gasteiger partial charge in [0.2, 0.25) is 0 Å². The SMILES string of the molecule is COCCCN1CCOc2ccc(CO[C@@H]3[C@@H](c4ccc(OC)cc4)[C@H](O[N+](=O)[O-])CN(C(=O)O)C3(C)C(C)(C)C)cc21. The maximum Gasteiger partial charge on any atom is 0.407 e. The number of piperidine rings is 1. The van der Waals surface area contributed by atoms with E-state index in [0.717, 1.165) is 42.1 Å². The number of rotatable bonds is 11. The Morgan fingerprint density at radius 2 is 1.91 bits per heavy atom. The fourth-order valence-corrected chi connectivity index (χ4v) is 6.21. The number of carboxylic acid groups (broad SMARTS) is 1. The first-order chi connectivity index (χ1) is 20.4. The van der Waals surface area contributed by atoms with Crippen LogP contribution >= 0.6 is 0 Å². The Bertz CT molecular complexity index is 1270. The van der Waals surface area contributed by atoms with E-state index in [1.165, 1.54) is 4.90 Å². The molecule has 12 heteroatoms. The summed E-state index contributed by atoms with van der Waals surface area (Å²) in [6, 6.07) is 13.1. The first-order valence-corrected chi connectivity index (χ1v) is 14.5. The van der Waals surface area contributed by atoms with Gasteiger partial charge in [-0.3, -0.25) is 4.90 Å². The molecule has 1 fully saturated rings. The molecule has 236 valence electrons. The van der Waals surface area contributed by atoms with E-state index in [2.05, 4.69) is 4.90 Å². The minimum absolute atomic E-state index is 0.140. The topological polar surface area (TPSA) is 133 Å². The molecule has 1 unspecified atom stereocenters. The van der Waals surface area contributed by atoms with Crippen molar-refractivity contribution in [3.05, 3.63) is 63.7 Å². The lowest BCUT2D eigenvalue weighted by Gasteiger charge is -2.59. The molecule has 1 N–H and O–H groups in total. The van der Waals surface area contributed by atoms with Gasteiger partial charge in [0.15, 0.2) is 0 Å². The second-order valence-corrected chi connectivity index (χ2v) is 12.2. The number of benzene rings is 2. The van der Waals surface area contributed by atoms with Crippen molar-refractivity contribution in [2.24, 2.45) is 5.41 Å². The molecule has 2 heterocycles. The Morgan fingerprint density at radius 3 is 2.51 bits per heavy atom. The van der Waals surface area contributed by atoms with Crippen molar-refractivity contribution in [3.63, 3.8) is 0 Å². The number of amides is 1. The molecule has 0 aliphatic carbocycles. The monoisotopic (exact) mass is 601 g/mol. The average molecular weight is 602 g/mol. The molecule has 43 heavy (non-hydrogen) atoms. The molecule has 2 aromatic carbocycles. The Hall–Kier alpha value is -3.77. The number of likely N-dealkylation sites (tertiary alicyclic amines) is 1. The van der Waals surface area contributed by atoms with Crippen LogP contribution < -0.4 is 14.4 Å². The molecule has 4 rings (SSSR count). The number of carbonyl (C=O) groups is 1. The third-order valence-corrected chi connectivity index (χ3v) is 8.86. The number of nitrogens with zero attached hydrogens (tertiary/aromatic N) is 3. The number of ether oxygens (including phenoxy) is 4. The number of methoxy groups -OCH3 is 2. The molecule has 2 aromatic rings. The lowest BCUT2D eigenvalue weighted by atomic mass is 9.62. The Balaban J connectivity index is 1.75. The zero-order valence-electron chi connectivity index (χ0n) is 25.8. The Kier molecular flexibility index (Phi) is 9.91. The summed E-state index contributed by atoms with van der Waals surface area (Å²) < 4.78 is 23.2. The fourth-order valence-electron chi connectivity index (χ4n) is 6.21. The van der Waals surface area contributed by atoms with Crippen LogP contribution in [0.4, 0.5) is 10.5 Å². The summed E-state index contributed by atoms with van der Waals surface area (Å²) in [5, 5.41) is 21.2. The van der Waals surface area contributed by atoms with Gasteiger partial charge in [0.1, 0.15) is 24.2 Å². The van der Waals surface area contributed by atoms with Crippen LogP contribution in [-0.2, 0) is 20.9 Å². The molecule has 0 saturated carbocycles. The van der Waals surface area contributed by atoms with Crippen molar-refractivity contribution in [2.75, 3.05) is 52.0 Å². The third-order valence-electron chi connectivity index (χ3n) is 8.86. The molecular weight excluding hydrogens is 558 g/mol. The number of anilines is 1. The first-order valence-electron chi connectivity index (χ1n) is 14.5. The predicted molar refractivity (Wildman–Crippen MR) is 159 cm³/mol. The van der Waals surface area contributed by atoms with Crippen LogP contribution in [0.1, 0.15) is 51.2 Å². The lowest BCUT2D eigenvalue weighted by molar-refractivity contribution is -0.770. The zero-order chi connectivity index (χ0) is 31.4. The molecule has 12 nitrogen and oxygen atoms in total. The minimum Gasteiger partial charge on any atom is -0.497 e. The van der Waals surface area contributed by atoms with Gasteiger partial charge in [0, 0.05) is 26.2 Å². The molecule has 2 aliphatic heterocycles. The molecule has 1 amide bonds. The number of fused-ring (bicyclic) bond motifs is 1. The van der Waals surface area contributed by atoms with Gasteiger partial charge >= 0.3 is 6.09 Å². The average Bonchev–Trinajstić information content (AvgIpc) is 2.96. The standard InChI is InChI=1S/C31H43N3O9/c1-30(2,3)31(4)28(42-20-21-8-13-25-24(18-21)32(15-17-41-25)14-7-16-39-5)27(22-9-11-23(40-6)12-10-22)26(43-34(37)38)19-33(31)29(35)36/h8-13,18,26-28H,7,14-17,19-20H2,1-6H3,(H,35,36)/t26-,27+,28-,31?/m1/s1. The third kappa shape index (κ3) is 6.75. The van der Waals surface area contributed by atoms with E-state index in [0.29, 0.717) is 19.0 Å². The summed E-state index contributed by atoms with van der Waals surface area (Å²) in [5.41, 5.74) is 0.830. The van der Waals surface area contributed by atoms with Crippen molar-refractivity contribution in [1.29, 1.82) is 0 Å². The van der Waals surface area contributed by atoms with Gasteiger partial charge in [0.25, 0.3) is 5.09 Å². The van der Waals surface area contributed by atoms with Gasteiger partial charge in [0.05, 0.1) is 44.1 Å². The van der Waals surface area contributed by atoms with E-state index in [1.54, 1.807) is 26.4 Å². The summed E-state index contributed by atoms with van der Waals surface area (Å²) in [4.78, 5) is 33.0. The molecule has 4 atom stereocenters. The van der Waals surface area contributed by atoms with Crippen LogP contribution in [0.2, 0.25) is 0 Å². The highest BCUT2D eigenvalue weighted by atomic mass is 17.0. The van der Waals surface area contributed by atoms with Crippen LogP contribution in [0.15, 0.2) is 42.5 Å². The zero-order valence-corrected chi connectivity index (χ0v) is 25.8. The van der Waals surface area contributed by atoms with Crippen molar-refractivity contribution in [3.8, 4) is 11.5 Å². The summed E-state index contributed by atoms with van der Waals surface area (Å²) in [7, 11) is 3.25. The molecule has 0 radical (unpaired) electrons. The van der Waals surface area contributed by atoms with Gasteiger partial charge in [-0.1, -0.05) is 39.0 Å². The van der Waals surface area contributed by atoms with Crippen LogP contribution in [0.25, 0.3) is 0 Å². The number of hydrogen-bond donors (Lipinski definition) is 1. The second-order valence-electron chi connectivity index (χ2n) is 12.2. The van der Waals surface area contributed by atoms with Crippen molar-refractivity contribution >= 4 is 11.8 Å². The normalized spacial score (nSPS) is 23.7. The minimum atomic E-state index is -1.20. The maximum absolute atomic E-state index is 12.7. The Morgan fingerprint density at radius 1 is 1.19 bits per heavy atom. The van der Waals surface area contributed by atoms with E-state index >= 15 is 0 Å².